The fraction of sp³-hybridized carbons (Fsp3) is 0.105. The highest BCUT2D eigenvalue weighted by atomic mass is 16.2. The average molecular weight is 534 g/mol. The molecule has 0 fully saturated rings. The van der Waals surface area contributed by atoms with E-state index in [0.29, 0.717) is 11.1 Å². The Morgan fingerprint density at radius 3 is 1.80 bits per heavy atom. The van der Waals surface area contributed by atoms with Crippen molar-refractivity contribution in [2.24, 2.45) is 0 Å². The van der Waals surface area contributed by atoms with Crippen LogP contribution >= 0.6 is 0 Å². The van der Waals surface area contributed by atoms with Gasteiger partial charge < -0.3 is 4.90 Å². The summed E-state index contributed by atoms with van der Waals surface area (Å²) >= 11 is 0. The lowest BCUT2D eigenvalue weighted by Gasteiger charge is -2.29. The number of ketones is 2. The maximum absolute atomic E-state index is 13.0. The lowest BCUT2D eigenvalue weighted by atomic mass is 9.80. The third kappa shape index (κ3) is 4.40. The molecule has 0 bridgehead atoms. The summed E-state index contributed by atoms with van der Waals surface area (Å²) < 4.78 is 0. The third-order valence-corrected chi connectivity index (χ3v) is 8.13. The standard InChI is InChI=1S/C38H31NO2/c1-5-29-30-21-20-26(23-33-36(40)31-18-12-13-19-32(31)37(33)41)24-35(30)38(3,4)34(29)22-25(2)39(27-14-8-6-9-15-27)28-16-10-7-11-17-28/h5-24H,1H2,2-4H3/b25-22+. The van der Waals surface area contributed by atoms with E-state index in [1.165, 1.54) is 5.57 Å². The first-order chi connectivity index (χ1) is 19.8. The van der Waals surface area contributed by atoms with Crippen molar-refractivity contribution in [3.63, 3.8) is 0 Å². The van der Waals surface area contributed by atoms with Crippen LogP contribution in [0.2, 0.25) is 0 Å². The number of rotatable bonds is 6. The number of hydrogen-bond acceptors (Lipinski definition) is 3. The van der Waals surface area contributed by atoms with Gasteiger partial charge in [-0.3, -0.25) is 9.59 Å². The molecule has 0 aliphatic heterocycles. The second-order valence-corrected chi connectivity index (χ2v) is 11.0. The van der Waals surface area contributed by atoms with E-state index in [-0.39, 0.29) is 22.6 Å². The fourth-order valence-electron chi connectivity index (χ4n) is 6.06. The average Bonchev–Trinajstić information content (AvgIpc) is 3.35. The van der Waals surface area contributed by atoms with E-state index in [9.17, 15) is 9.59 Å². The molecule has 2 aliphatic carbocycles. The number of nitrogens with zero attached hydrogens (tertiary/aromatic N) is 1. The van der Waals surface area contributed by atoms with Crippen molar-refractivity contribution >= 4 is 34.6 Å². The molecule has 0 amide bonds. The molecule has 0 spiro atoms. The smallest absolute Gasteiger partial charge is 0.197 e. The summed E-state index contributed by atoms with van der Waals surface area (Å²) in [5, 5.41) is 0. The van der Waals surface area contributed by atoms with Crippen LogP contribution in [0.15, 0.2) is 139 Å². The van der Waals surface area contributed by atoms with Gasteiger partial charge in [-0.2, -0.15) is 0 Å². The van der Waals surface area contributed by atoms with Crippen molar-refractivity contribution in [3.05, 3.63) is 167 Å². The Bertz CT molecular complexity index is 1730. The molecule has 0 N–H and O–H groups in total. The minimum Gasteiger partial charge on any atom is -0.315 e. The zero-order valence-electron chi connectivity index (χ0n) is 23.5. The number of Topliss-reactive ketones (excluding diaryl/α,β-unsaturated/α-hetero) is 2. The fourth-order valence-corrected chi connectivity index (χ4v) is 6.06. The van der Waals surface area contributed by atoms with Crippen molar-refractivity contribution < 1.29 is 9.59 Å². The van der Waals surface area contributed by atoms with E-state index in [0.717, 1.165) is 39.3 Å². The molecule has 3 heteroatoms. The Hall–Kier alpha value is -5.02. The Labute approximate surface area is 241 Å². The molecule has 0 aromatic heterocycles. The number of benzene rings is 4. The molecule has 0 unspecified atom stereocenters. The highest BCUT2D eigenvalue weighted by molar-refractivity contribution is 6.41. The lowest BCUT2D eigenvalue weighted by molar-refractivity contribution is 0.0990. The Morgan fingerprint density at radius 1 is 0.732 bits per heavy atom. The zero-order valence-corrected chi connectivity index (χ0v) is 23.5. The predicted molar refractivity (Wildman–Crippen MR) is 168 cm³/mol. The van der Waals surface area contributed by atoms with Crippen LogP contribution in [-0.2, 0) is 5.41 Å². The number of para-hydroxylation sites is 2. The monoisotopic (exact) mass is 533 g/mol. The van der Waals surface area contributed by atoms with Crippen LogP contribution in [-0.4, -0.2) is 11.6 Å². The number of allylic oxidation sites excluding steroid dienone is 6. The van der Waals surface area contributed by atoms with Gasteiger partial charge in [0.25, 0.3) is 0 Å². The number of carbonyl (C=O) groups excluding carboxylic acids is 2. The predicted octanol–water partition coefficient (Wildman–Crippen LogP) is 9.12. The summed E-state index contributed by atoms with van der Waals surface area (Å²) in [5.41, 5.74) is 9.44. The van der Waals surface area contributed by atoms with Gasteiger partial charge in [0.2, 0.25) is 0 Å². The third-order valence-electron chi connectivity index (χ3n) is 8.13. The lowest BCUT2D eigenvalue weighted by Crippen LogP contribution is -2.19. The van der Waals surface area contributed by atoms with Gasteiger partial charge in [0, 0.05) is 33.6 Å². The van der Waals surface area contributed by atoms with Crippen molar-refractivity contribution in [1.82, 2.24) is 0 Å². The minimum atomic E-state index is -0.333. The first-order valence-corrected chi connectivity index (χ1v) is 13.8. The second kappa shape index (κ2) is 10.2. The molecule has 0 heterocycles. The Kier molecular flexibility index (Phi) is 6.51. The summed E-state index contributed by atoms with van der Waals surface area (Å²) in [6.07, 6.45) is 5.93. The molecule has 4 aromatic rings. The van der Waals surface area contributed by atoms with Gasteiger partial charge in [0.1, 0.15) is 0 Å². The highest BCUT2D eigenvalue weighted by Gasteiger charge is 2.37. The Balaban J connectivity index is 1.41. The van der Waals surface area contributed by atoms with Gasteiger partial charge in [0.05, 0.1) is 5.57 Å². The molecule has 0 saturated carbocycles. The molecule has 41 heavy (non-hydrogen) atoms. The van der Waals surface area contributed by atoms with Crippen molar-refractivity contribution in [2.75, 3.05) is 4.90 Å². The van der Waals surface area contributed by atoms with Gasteiger partial charge in [0.15, 0.2) is 11.6 Å². The van der Waals surface area contributed by atoms with E-state index >= 15 is 0 Å². The summed E-state index contributed by atoms with van der Waals surface area (Å²) in [7, 11) is 0. The van der Waals surface area contributed by atoms with E-state index in [1.807, 2.05) is 24.3 Å². The molecule has 2 aliphatic rings. The number of carbonyl (C=O) groups is 2. The van der Waals surface area contributed by atoms with Crippen LogP contribution in [0.25, 0.3) is 11.6 Å². The molecule has 4 aromatic carbocycles. The van der Waals surface area contributed by atoms with E-state index in [1.54, 1.807) is 30.3 Å². The van der Waals surface area contributed by atoms with Crippen LogP contribution in [0.1, 0.15) is 58.2 Å². The topological polar surface area (TPSA) is 37.4 Å². The van der Waals surface area contributed by atoms with Crippen LogP contribution in [0.3, 0.4) is 0 Å². The summed E-state index contributed by atoms with van der Waals surface area (Å²) in [6, 6.07) is 33.9. The zero-order chi connectivity index (χ0) is 28.7. The van der Waals surface area contributed by atoms with E-state index in [2.05, 4.69) is 99.0 Å². The molecule has 6 rings (SSSR count). The molecule has 0 radical (unpaired) electrons. The molecule has 200 valence electrons. The number of hydrogen-bond donors (Lipinski definition) is 0. The molecule has 3 nitrogen and oxygen atoms in total. The van der Waals surface area contributed by atoms with Crippen LogP contribution < -0.4 is 4.90 Å². The molecule has 0 saturated heterocycles. The molecular formula is C38H31NO2. The largest absolute Gasteiger partial charge is 0.315 e. The van der Waals surface area contributed by atoms with Crippen LogP contribution in [0.5, 0.6) is 0 Å². The molecular weight excluding hydrogens is 502 g/mol. The minimum absolute atomic E-state index is 0.212. The van der Waals surface area contributed by atoms with Crippen molar-refractivity contribution in [1.29, 1.82) is 0 Å². The number of anilines is 2. The number of fused-ring (bicyclic) bond motifs is 2. The van der Waals surface area contributed by atoms with Crippen LogP contribution in [0, 0.1) is 0 Å². The Morgan fingerprint density at radius 2 is 1.27 bits per heavy atom. The summed E-state index contributed by atoms with van der Waals surface area (Å²) in [4.78, 5) is 28.3. The second-order valence-electron chi connectivity index (χ2n) is 11.0. The maximum Gasteiger partial charge on any atom is 0.197 e. The first-order valence-electron chi connectivity index (χ1n) is 13.8. The first kappa shape index (κ1) is 26.2. The van der Waals surface area contributed by atoms with Gasteiger partial charge in [-0.15, -0.1) is 0 Å². The SMILES string of the molecule is C=CC1=C(/C=C(\C)N(c2ccccc2)c2ccccc2)C(C)(C)c2cc(C=C3C(=O)c4ccccc4C3=O)ccc21. The highest BCUT2D eigenvalue weighted by Crippen LogP contribution is 2.48. The maximum atomic E-state index is 13.0. The van der Waals surface area contributed by atoms with Crippen molar-refractivity contribution in [2.45, 2.75) is 26.2 Å². The summed E-state index contributed by atoms with van der Waals surface area (Å²) in [5.74, 6) is -0.423. The molecule has 0 atom stereocenters. The quantitative estimate of drug-likeness (QED) is 0.183. The van der Waals surface area contributed by atoms with Crippen molar-refractivity contribution in [3.8, 4) is 0 Å². The van der Waals surface area contributed by atoms with Gasteiger partial charge in [-0.05, 0) is 71.2 Å². The summed E-state index contributed by atoms with van der Waals surface area (Å²) in [6.45, 7) is 10.7. The van der Waals surface area contributed by atoms with E-state index in [4.69, 9.17) is 0 Å². The van der Waals surface area contributed by atoms with Crippen LogP contribution in [0.4, 0.5) is 11.4 Å². The van der Waals surface area contributed by atoms with Gasteiger partial charge in [-0.1, -0.05) is 105 Å². The normalized spacial score (nSPS) is 15.6. The van der Waals surface area contributed by atoms with Gasteiger partial charge in [-0.25, -0.2) is 0 Å². The van der Waals surface area contributed by atoms with Gasteiger partial charge >= 0.3 is 0 Å². The van der Waals surface area contributed by atoms with E-state index < -0.39 is 0 Å².